The van der Waals surface area contributed by atoms with Gasteiger partial charge in [0.2, 0.25) is 23.6 Å². The quantitative estimate of drug-likeness (QED) is 0.0880. The summed E-state index contributed by atoms with van der Waals surface area (Å²) in [6, 6.07) is 38.7. The van der Waals surface area contributed by atoms with Gasteiger partial charge < -0.3 is 31.1 Å². The molecule has 0 aromatic heterocycles. The lowest BCUT2D eigenvalue weighted by Gasteiger charge is -2.18. The van der Waals surface area contributed by atoms with Gasteiger partial charge in [-0.3, -0.25) is 28.8 Å². The van der Waals surface area contributed by atoms with Crippen LogP contribution in [0.25, 0.3) is 0 Å². The number of nitrogens with one attached hydrogen (secondary N) is 4. The van der Waals surface area contributed by atoms with E-state index >= 15 is 0 Å². The zero-order chi connectivity index (χ0) is 48.2. The third-order valence-corrected chi connectivity index (χ3v) is 13.3. The molecular formula is C56H64N6O6. The first-order chi connectivity index (χ1) is 32.8. The summed E-state index contributed by atoms with van der Waals surface area (Å²) in [7, 11) is 0. The van der Waals surface area contributed by atoms with Crippen LogP contribution in [0.2, 0.25) is 0 Å². The Kier molecular flexibility index (Phi) is 16.6. The van der Waals surface area contributed by atoms with Gasteiger partial charge in [-0.15, -0.1) is 0 Å². The van der Waals surface area contributed by atoms with Gasteiger partial charge in [0.05, 0.1) is 23.7 Å². The first kappa shape index (κ1) is 48.8. The first-order valence-electron chi connectivity index (χ1n) is 23.8. The lowest BCUT2D eigenvalue weighted by atomic mass is 9.94. The zero-order valence-corrected chi connectivity index (χ0v) is 39.7. The van der Waals surface area contributed by atoms with Crippen LogP contribution in [0.5, 0.6) is 0 Å². The Morgan fingerprint density at radius 3 is 0.765 bits per heavy atom. The van der Waals surface area contributed by atoms with Crippen molar-refractivity contribution in [3.63, 3.8) is 0 Å². The van der Waals surface area contributed by atoms with E-state index in [-0.39, 0.29) is 61.6 Å². The van der Waals surface area contributed by atoms with E-state index in [9.17, 15) is 28.8 Å². The highest BCUT2D eigenvalue weighted by Gasteiger charge is 2.45. The van der Waals surface area contributed by atoms with E-state index in [2.05, 4.69) is 21.3 Å². The molecule has 2 aliphatic heterocycles. The van der Waals surface area contributed by atoms with Gasteiger partial charge in [-0.1, -0.05) is 119 Å². The van der Waals surface area contributed by atoms with E-state index in [0.717, 1.165) is 44.5 Å². The van der Waals surface area contributed by atoms with Gasteiger partial charge in [-0.25, -0.2) is 0 Å². The van der Waals surface area contributed by atoms with Crippen LogP contribution in [0, 0.1) is 51.4 Å². The van der Waals surface area contributed by atoms with Crippen molar-refractivity contribution in [1.29, 1.82) is 0 Å². The third-order valence-electron chi connectivity index (χ3n) is 13.3. The molecule has 0 unspecified atom stereocenters. The average molecular weight is 917 g/mol. The number of benzene rings is 5. The number of rotatable bonds is 18. The molecule has 0 saturated carbocycles. The fraction of sp³-hybridized carbons (Fsp3) is 0.357. The van der Waals surface area contributed by atoms with Crippen LogP contribution in [0.15, 0.2) is 121 Å². The van der Waals surface area contributed by atoms with Gasteiger partial charge in [0.25, 0.3) is 11.8 Å². The van der Waals surface area contributed by atoms with Gasteiger partial charge in [0.1, 0.15) is 0 Å². The molecule has 2 saturated heterocycles. The van der Waals surface area contributed by atoms with Gasteiger partial charge >= 0.3 is 0 Å². The number of amides is 6. The van der Waals surface area contributed by atoms with Crippen molar-refractivity contribution in [2.45, 2.75) is 53.4 Å². The Morgan fingerprint density at radius 1 is 0.353 bits per heavy atom. The highest BCUT2D eigenvalue weighted by Crippen LogP contribution is 2.28. The molecule has 2 aliphatic rings. The fourth-order valence-electron chi connectivity index (χ4n) is 8.99. The number of likely N-dealkylation sites (tertiary alicyclic amines) is 2. The SMILES string of the molecule is Cc1ccc(CCNC(=O)[C@@H]2CN(C(=O)c3ccc(C(=O)N4C[C@@H](C(=O)NCCc5ccc(C)cc5)[C@H](C(=O)NCCc5ccc(C)cc5)C4)cc3)C[C@H]2C(=O)NCCc2ccc(C)cc2)cc1. The molecule has 12 nitrogen and oxygen atoms in total. The Morgan fingerprint density at radius 2 is 0.559 bits per heavy atom. The minimum Gasteiger partial charge on any atom is -0.355 e. The monoisotopic (exact) mass is 916 g/mol. The minimum absolute atomic E-state index is 0.0582. The number of nitrogens with zero attached hydrogens (tertiary/aromatic N) is 2. The van der Waals surface area contributed by atoms with Crippen LogP contribution in [0.3, 0.4) is 0 Å². The van der Waals surface area contributed by atoms with Crippen molar-refractivity contribution < 1.29 is 28.8 Å². The Hall–Kier alpha value is -7.08. The third kappa shape index (κ3) is 13.1. The topological polar surface area (TPSA) is 157 Å². The maximum absolute atomic E-state index is 14.1. The summed E-state index contributed by atoms with van der Waals surface area (Å²) in [6.07, 6.45) is 2.51. The molecule has 68 heavy (non-hydrogen) atoms. The number of carbonyl (C=O) groups excluding carboxylic acids is 6. The van der Waals surface area contributed by atoms with E-state index in [1.54, 1.807) is 24.3 Å². The lowest BCUT2D eigenvalue weighted by molar-refractivity contribution is -0.132. The smallest absolute Gasteiger partial charge is 0.253 e. The Balaban J connectivity index is 0.992. The predicted molar refractivity (Wildman–Crippen MR) is 264 cm³/mol. The summed E-state index contributed by atoms with van der Waals surface area (Å²) in [6.45, 7) is 9.87. The molecule has 5 aromatic carbocycles. The molecule has 4 atom stereocenters. The van der Waals surface area contributed by atoms with E-state index in [1.807, 2.05) is 125 Å². The van der Waals surface area contributed by atoms with Crippen LogP contribution in [-0.2, 0) is 44.9 Å². The van der Waals surface area contributed by atoms with Gasteiger partial charge in [0, 0.05) is 63.5 Å². The second-order valence-electron chi connectivity index (χ2n) is 18.5. The minimum atomic E-state index is -0.757. The van der Waals surface area contributed by atoms with Crippen molar-refractivity contribution in [3.05, 3.63) is 177 Å². The van der Waals surface area contributed by atoms with Crippen molar-refractivity contribution in [2.24, 2.45) is 23.7 Å². The van der Waals surface area contributed by atoms with E-state index in [0.29, 0.717) is 63.0 Å². The first-order valence-corrected chi connectivity index (χ1v) is 23.8. The van der Waals surface area contributed by atoms with Crippen LogP contribution in [-0.4, -0.2) is 97.6 Å². The molecule has 2 fully saturated rings. The van der Waals surface area contributed by atoms with Gasteiger partial charge in [-0.2, -0.15) is 0 Å². The van der Waals surface area contributed by atoms with Crippen LogP contribution >= 0.6 is 0 Å². The highest BCUT2D eigenvalue weighted by molar-refractivity contribution is 6.00. The Bertz CT molecular complexity index is 2220. The second kappa shape index (κ2) is 23.1. The molecule has 12 heteroatoms. The van der Waals surface area contributed by atoms with E-state index < -0.39 is 23.7 Å². The Labute approximate surface area is 400 Å². The molecule has 0 radical (unpaired) electrons. The molecule has 2 heterocycles. The molecule has 0 spiro atoms. The van der Waals surface area contributed by atoms with E-state index in [1.165, 1.54) is 9.80 Å². The molecule has 354 valence electrons. The van der Waals surface area contributed by atoms with Crippen LogP contribution < -0.4 is 21.3 Å². The maximum atomic E-state index is 14.1. The lowest BCUT2D eigenvalue weighted by Crippen LogP contribution is -2.42. The molecule has 5 aromatic rings. The zero-order valence-electron chi connectivity index (χ0n) is 39.7. The van der Waals surface area contributed by atoms with Crippen LogP contribution in [0.4, 0.5) is 0 Å². The number of hydrogen-bond acceptors (Lipinski definition) is 6. The molecule has 6 amide bonds. The largest absolute Gasteiger partial charge is 0.355 e. The summed E-state index contributed by atoms with van der Waals surface area (Å²) in [5.74, 6) is -4.88. The van der Waals surface area contributed by atoms with E-state index in [4.69, 9.17) is 0 Å². The van der Waals surface area contributed by atoms with Crippen LogP contribution in [0.1, 0.15) is 65.2 Å². The maximum Gasteiger partial charge on any atom is 0.253 e. The summed E-state index contributed by atoms with van der Waals surface area (Å²) in [5.41, 5.74) is 9.55. The van der Waals surface area contributed by atoms with Crippen molar-refractivity contribution >= 4 is 35.4 Å². The summed E-state index contributed by atoms with van der Waals surface area (Å²) in [5, 5.41) is 12.1. The summed E-state index contributed by atoms with van der Waals surface area (Å²) >= 11 is 0. The normalized spacial score (nSPS) is 17.6. The van der Waals surface area contributed by atoms with Crippen molar-refractivity contribution in [1.82, 2.24) is 31.1 Å². The number of carbonyl (C=O) groups is 6. The fourth-order valence-corrected chi connectivity index (χ4v) is 8.99. The molecule has 7 rings (SSSR count). The molecular weight excluding hydrogens is 853 g/mol. The average Bonchev–Trinajstić information content (AvgIpc) is 4.01. The number of aryl methyl sites for hydroxylation is 4. The van der Waals surface area contributed by atoms with Crippen molar-refractivity contribution in [2.75, 3.05) is 52.4 Å². The molecule has 4 N–H and O–H groups in total. The van der Waals surface area contributed by atoms with Gasteiger partial charge in [-0.05, 0) is 99.9 Å². The standard InChI is InChI=1S/C56H64N6O6/c1-37-5-13-41(14-6-37)25-29-57-51(63)47-33-61(34-48(47)52(64)58-30-26-42-15-7-38(2)8-16-42)55(67)45-21-23-46(24-22-45)56(68)62-35-49(53(65)59-31-27-43-17-9-39(3)10-18-43)50(36-62)54(66)60-32-28-44-19-11-40(4)12-20-44/h5-24,47-50H,25-36H2,1-4H3,(H,57,63)(H,58,64)(H,59,65)(H,60,66)/t47-,48-,49-,50-/m1/s1. The summed E-state index contributed by atoms with van der Waals surface area (Å²) < 4.78 is 0. The summed E-state index contributed by atoms with van der Waals surface area (Å²) in [4.78, 5) is 86.1. The number of hydrogen-bond donors (Lipinski definition) is 4. The second-order valence-corrected chi connectivity index (χ2v) is 18.5. The van der Waals surface area contributed by atoms with Gasteiger partial charge in [0.15, 0.2) is 0 Å². The molecule has 0 bridgehead atoms. The molecule has 0 aliphatic carbocycles. The predicted octanol–water partition coefficient (Wildman–Crippen LogP) is 5.73. The van der Waals surface area contributed by atoms with Crippen molar-refractivity contribution in [3.8, 4) is 0 Å². The highest BCUT2D eigenvalue weighted by atomic mass is 16.2.